The van der Waals surface area contributed by atoms with E-state index in [1.807, 2.05) is 25.1 Å². The van der Waals surface area contributed by atoms with Gasteiger partial charge in [0, 0.05) is 24.1 Å². The van der Waals surface area contributed by atoms with Gasteiger partial charge in [0.15, 0.2) is 5.82 Å². The van der Waals surface area contributed by atoms with Crippen molar-refractivity contribution in [2.45, 2.75) is 19.9 Å². The first-order valence-electron chi connectivity index (χ1n) is 6.17. The Morgan fingerprint density at radius 3 is 2.75 bits per heavy atom. The molecule has 0 bridgehead atoms. The minimum Gasteiger partial charge on any atom is -0.398 e. The average Bonchev–Trinajstić information content (AvgIpc) is 2.79. The molecular weight excluding hydrogens is 278 g/mol. The molecule has 2 N–H and O–H groups in total. The zero-order valence-electron chi connectivity index (χ0n) is 11.4. The third-order valence-electron chi connectivity index (χ3n) is 2.95. The SMILES string of the molecule is Cc1ccc(-c2nnnn2CCCS(C)(=O)=O)cc1N. The number of nitrogen functional groups attached to an aromatic ring is 1. The quantitative estimate of drug-likeness (QED) is 0.813. The van der Waals surface area contributed by atoms with Gasteiger partial charge in [0.05, 0.1) is 5.75 Å². The molecule has 1 heterocycles. The Bertz CT molecular complexity index is 708. The van der Waals surface area contributed by atoms with E-state index in [9.17, 15) is 8.42 Å². The molecule has 0 amide bonds. The maximum Gasteiger partial charge on any atom is 0.182 e. The van der Waals surface area contributed by atoms with Gasteiger partial charge in [-0.05, 0) is 35.4 Å². The van der Waals surface area contributed by atoms with Crippen LogP contribution in [0.2, 0.25) is 0 Å². The first kappa shape index (κ1) is 14.4. The molecule has 1 aromatic heterocycles. The Morgan fingerprint density at radius 2 is 2.10 bits per heavy atom. The molecule has 0 radical (unpaired) electrons. The van der Waals surface area contributed by atoms with E-state index in [0.717, 1.165) is 11.1 Å². The first-order chi connectivity index (χ1) is 9.37. The maximum absolute atomic E-state index is 11.1. The van der Waals surface area contributed by atoms with Crippen molar-refractivity contribution in [3.8, 4) is 11.4 Å². The number of rotatable bonds is 5. The topological polar surface area (TPSA) is 104 Å². The van der Waals surface area contributed by atoms with Gasteiger partial charge in [0.25, 0.3) is 0 Å². The van der Waals surface area contributed by atoms with Crippen molar-refractivity contribution in [1.29, 1.82) is 0 Å². The van der Waals surface area contributed by atoms with Crippen molar-refractivity contribution in [3.63, 3.8) is 0 Å². The molecule has 0 aliphatic heterocycles. The maximum atomic E-state index is 11.1. The summed E-state index contributed by atoms with van der Waals surface area (Å²) in [6, 6.07) is 5.61. The van der Waals surface area contributed by atoms with E-state index in [0.29, 0.717) is 24.5 Å². The first-order valence-corrected chi connectivity index (χ1v) is 8.23. The predicted octanol–water partition coefficient (Wildman–Crippen LogP) is 0.665. The highest BCUT2D eigenvalue weighted by atomic mass is 32.2. The van der Waals surface area contributed by atoms with Gasteiger partial charge in [-0.25, -0.2) is 13.1 Å². The summed E-state index contributed by atoms with van der Waals surface area (Å²) in [5.41, 5.74) is 8.36. The Balaban J connectivity index is 2.17. The van der Waals surface area contributed by atoms with E-state index in [-0.39, 0.29) is 5.75 Å². The molecule has 0 fully saturated rings. The highest BCUT2D eigenvalue weighted by Crippen LogP contribution is 2.21. The van der Waals surface area contributed by atoms with Crippen LogP contribution in [0.15, 0.2) is 18.2 Å². The van der Waals surface area contributed by atoms with Crippen LogP contribution < -0.4 is 5.73 Å². The number of sulfone groups is 1. The summed E-state index contributed by atoms with van der Waals surface area (Å²) in [6.07, 6.45) is 1.69. The average molecular weight is 295 g/mol. The van der Waals surface area contributed by atoms with Crippen LogP contribution in [0.5, 0.6) is 0 Å². The molecule has 1 aromatic carbocycles. The van der Waals surface area contributed by atoms with Crippen LogP contribution in [0.1, 0.15) is 12.0 Å². The predicted molar refractivity (Wildman–Crippen MR) is 76.7 cm³/mol. The smallest absolute Gasteiger partial charge is 0.182 e. The molecule has 0 saturated heterocycles. The van der Waals surface area contributed by atoms with Crippen molar-refractivity contribution in [2.75, 3.05) is 17.7 Å². The van der Waals surface area contributed by atoms with Gasteiger partial charge in [-0.1, -0.05) is 12.1 Å². The minimum atomic E-state index is -2.97. The monoisotopic (exact) mass is 295 g/mol. The molecule has 2 aromatic rings. The molecule has 7 nitrogen and oxygen atoms in total. The lowest BCUT2D eigenvalue weighted by Gasteiger charge is -2.06. The summed E-state index contributed by atoms with van der Waals surface area (Å²) in [6.45, 7) is 2.37. The number of hydrogen-bond donors (Lipinski definition) is 1. The largest absolute Gasteiger partial charge is 0.398 e. The molecule has 0 aliphatic carbocycles. The van der Waals surface area contributed by atoms with E-state index in [4.69, 9.17) is 5.73 Å². The summed E-state index contributed by atoms with van der Waals surface area (Å²) in [5, 5.41) is 11.5. The summed E-state index contributed by atoms with van der Waals surface area (Å²) < 4.78 is 23.8. The van der Waals surface area contributed by atoms with Crippen LogP contribution in [0.25, 0.3) is 11.4 Å². The summed E-state index contributed by atoms with van der Waals surface area (Å²) >= 11 is 0. The zero-order valence-corrected chi connectivity index (χ0v) is 12.3. The lowest BCUT2D eigenvalue weighted by Crippen LogP contribution is -2.09. The third-order valence-corrected chi connectivity index (χ3v) is 3.98. The Labute approximate surface area is 117 Å². The van der Waals surface area contributed by atoms with E-state index in [1.165, 1.54) is 6.26 Å². The summed E-state index contributed by atoms with van der Waals surface area (Å²) in [7, 11) is -2.97. The second-order valence-electron chi connectivity index (χ2n) is 4.78. The second-order valence-corrected chi connectivity index (χ2v) is 7.04. The molecule has 2 rings (SSSR count). The number of benzene rings is 1. The fraction of sp³-hybridized carbons (Fsp3) is 0.417. The Kier molecular flexibility index (Phi) is 4.03. The highest BCUT2D eigenvalue weighted by molar-refractivity contribution is 7.90. The molecular formula is C12H17N5O2S. The minimum absolute atomic E-state index is 0.113. The number of hydrogen-bond acceptors (Lipinski definition) is 6. The summed E-state index contributed by atoms with van der Waals surface area (Å²) in [4.78, 5) is 0. The van der Waals surface area contributed by atoms with Gasteiger partial charge in [0.2, 0.25) is 0 Å². The number of nitrogens with two attached hydrogens (primary N) is 1. The van der Waals surface area contributed by atoms with Crippen molar-refractivity contribution in [3.05, 3.63) is 23.8 Å². The lowest BCUT2D eigenvalue weighted by molar-refractivity contribution is 0.567. The van der Waals surface area contributed by atoms with Crippen LogP contribution in [-0.2, 0) is 16.4 Å². The third kappa shape index (κ3) is 3.53. The molecule has 108 valence electrons. The van der Waals surface area contributed by atoms with Gasteiger partial charge >= 0.3 is 0 Å². The fourth-order valence-corrected chi connectivity index (χ4v) is 2.47. The van der Waals surface area contributed by atoms with Gasteiger partial charge in [-0.2, -0.15) is 0 Å². The van der Waals surface area contributed by atoms with E-state index in [1.54, 1.807) is 4.68 Å². The number of tetrazole rings is 1. The van der Waals surface area contributed by atoms with Crippen molar-refractivity contribution < 1.29 is 8.42 Å². The van der Waals surface area contributed by atoms with Crippen molar-refractivity contribution in [2.24, 2.45) is 0 Å². The van der Waals surface area contributed by atoms with E-state index >= 15 is 0 Å². The van der Waals surface area contributed by atoms with Gasteiger partial charge in [-0.3, -0.25) is 0 Å². The number of anilines is 1. The molecule has 0 unspecified atom stereocenters. The number of aryl methyl sites for hydroxylation is 2. The van der Waals surface area contributed by atoms with Gasteiger partial charge in [0.1, 0.15) is 9.84 Å². The van der Waals surface area contributed by atoms with Crippen LogP contribution in [0.4, 0.5) is 5.69 Å². The van der Waals surface area contributed by atoms with Crippen molar-refractivity contribution >= 4 is 15.5 Å². The van der Waals surface area contributed by atoms with Crippen LogP contribution >= 0.6 is 0 Å². The Morgan fingerprint density at radius 1 is 1.35 bits per heavy atom. The lowest BCUT2D eigenvalue weighted by atomic mass is 10.1. The van der Waals surface area contributed by atoms with Crippen LogP contribution in [-0.4, -0.2) is 40.6 Å². The molecule has 20 heavy (non-hydrogen) atoms. The number of aromatic nitrogens is 4. The van der Waals surface area contributed by atoms with Crippen molar-refractivity contribution in [1.82, 2.24) is 20.2 Å². The van der Waals surface area contributed by atoms with Crippen LogP contribution in [0.3, 0.4) is 0 Å². The van der Waals surface area contributed by atoms with E-state index in [2.05, 4.69) is 15.5 Å². The van der Waals surface area contributed by atoms with Gasteiger partial charge in [-0.15, -0.1) is 5.10 Å². The second kappa shape index (κ2) is 5.58. The highest BCUT2D eigenvalue weighted by Gasteiger charge is 2.11. The molecule has 8 heteroatoms. The normalized spacial score (nSPS) is 11.7. The number of nitrogens with zero attached hydrogens (tertiary/aromatic N) is 4. The molecule has 0 atom stereocenters. The Hall–Kier alpha value is -1.96. The van der Waals surface area contributed by atoms with Crippen LogP contribution in [0, 0.1) is 6.92 Å². The van der Waals surface area contributed by atoms with E-state index < -0.39 is 9.84 Å². The van der Waals surface area contributed by atoms with Gasteiger partial charge < -0.3 is 5.73 Å². The summed E-state index contributed by atoms with van der Waals surface area (Å²) in [5.74, 6) is 0.702. The standard InChI is InChI=1S/C12H17N5O2S/c1-9-4-5-10(8-11(9)13)12-14-15-16-17(12)6-3-7-20(2,18)19/h4-5,8H,3,6-7,13H2,1-2H3. The fourth-order valence-electron chi connectivity index (χ4n) is 1.82. The zero-order chi connectivity index (χ0) is 14.8. The molecule has 0 spiro atoms. The molecule has 0 saturated carbocycles. The molecule has 0 aliphatic rings.